The van der Waals surface area contributed by atoms with E-state index in [-0.39, 0.29) is 11.7 Å². The number of benzene rings is 1. The average molecular weight is 267 g/mol. The number of hydrogen-bond donors (Lipinski definition) is 1. The summed E-state index contributed by atoms with van der Waals surface area (Å²) >= 11 is 0. The van der Waals surface area contributed by atoms with Crippen molar-refractivity contribution in [2.45, 2.75) is 13.8 Å². The fourth-order valence-corrected chi connectivity index (χ4v) is 2.01. The fourth-order valence-electron chi connectivity index (χ4n) is 2.01. The molecule has 0 aliphatic carbocycles. The Morgan fingerprint density at radius 3 is 2.65 bits per heavy atom. The number of para-hydroxylation sites is 1. The largest absolute Gasteiger partial charge is 0.319 e. The van der Waals surface area contributed by atoms with Gasteiger partial charge in [0, 0.05) is 18.1 Å². The van der Waals surface area contributed by atoms with Crippen LogP contribution < -0.4 is 5.32 Å². The molecule has 0 saturated carbocycles. The molecule has 3 aromatic rings. The molecule has 1 amide bonds. The molecular weight excluding hydrogens is 254 g/mol. The SMILES string of the molecule is Cc1cccc(C)c1NC(=O)c1nc2ncccn2n1. The Morgan fingerprint density at radius 2 is 1.95 bits per heavy atom. The second kappa shape index (κ2) is 4.73. The molecule has 0 saturated heterocycles. The summed E-state index contributed by atoms with van der Waals surface area (Å²) in [6.07, 6.45) is 3.31. The predicted molar refractivity (Wildman–Crippen MR) is 74.7 cm³/mol. The zero-order valence-corrected chi connectivity index (χ0v) is 11.2. The van der Waals surface area contributed by atoms with Crippen LogP contribution >= 0.6 is 0 Å². The summed E-state index contributed by atoms with van der Waals surface area (Å²) < 4.78 is 1.47. The first-order chi connectivity index (χ1) is 9.65. The van der Waals surface area contributed by atoms with Crippen LogP contribution in [-0.2, 0) is 0 Å². The highest BCUT2D eigenvalue weighted by molar-refractivity contribution is 6.02. The normalized spacial score (nSPS) is 10.7. The van der Waals surface area contributed by atoms with Crippen molar-refractivity contribution >= 4 is 17.4 Å². The molecule has 6 nitrogen and oxygen atoms in total. The maximum Gasteiger partial charge on any atom is 0.295 e. The molecule has 0 aliphatic rings. The standard InChI is InChI=1S/C14H13N5O/c1-9-5-3-6-10(2)11(9)16-13(20)12-17-14-15-7-4-8-19(14)18-12/h3-8H,1-2H3,(H,16,20). The van der Waals surface area contributed by atoms with Crippen LogP contribution in [0.15, 0.2) is 36.7 Å². The Kier molecular flexibility index (Phi) is 2.90. The van der Waals surface area contributed by atoms with E-state index in [1.807, 2.05) is 32.0 Å². The second-order valence-corrected chi connectivity index (χ2v) is 4.52. The molecule has 0 spiro atoms. The molecule has 20 heavy (non-hydrogen) atoms. The third kappa shape index (κ3) is 2.11. The number of rotatable bonds is 2. The lowest BCUT2D eigenvalue weighted by molar-refractivity contribution is 0.101. The van der Waals surface area contributed by atoms with Gasteiger partial charge in [-0.1, -0.05) is 18.2 Å². The molecule has 1 N–H and O–H groups in total. The molecule has 2 heterocycles. The molecule has 6 heteroatoms. The highest BCUT2D eigenvalue weighted by Gasteiger charge is 2.15. The molecule has 0 unspecified atom stereocenters. The van der Waals surface area contributed by atoms with Crippen LogP contribution in [0.4, 0.5) is 5.69 Å². The number of amides is 1. The number of anilines is 1. The number of aromatic nitrogens is 4. The number of carbonyl (C=O) groups is 1. The summed E-state index contributed by atoms with van der Waals surface area (Å²) in [5.41, 5.74) is 2.80. The van der Waals surface area contributed by atoms with Crippen molar-refractivity contribution in [1.29, 1.82) is 0 Å². The van der Waals surface area contributed by atoms with Crippen molar-refractivity contribution in [3.05, 3.63) is 53.6 Å². The first-order valence-corrected chi connectivity index (χ1v) is 6.20. The first kappa shape index (κ1) is 12.3. The molecule has 1 aromatic carbocycles. The Bertz CT molecular complexity index is 740. The third-order valence-electron chi connectivity index (χ3n) is 3.04. The van der Waals surface area contributed by atoms with Crippen molar-refractivity contribution in [2.24, 2.45) is 0 Å². The first-order valence-electron chi connectivity index (χ1n) is 6.20. The van der Waals surface area contributed by atoms with Crippen LogP contribution in [-0.4, -0.2) is 25.5 Å². The quantitative estimate of drug-likeness (QED) is 0.770. The van der Waals surface area contributed by atoms with Crippen LogP contribution in [0.5, 0.6) is 0 Å². The summed E-state index contributed by atoms with van der Waals surface area (Å²) in [5, 5.41) is 6.95. The summed E-state index contributed by atoms with van der Waals surface area (Å²) in [4.78, 5) is 20.3. The van der Waals surface area contributed by atoms with Crippen LogP contribution in [0, 0.1) is 13.8 Å². The van der Waals surface area contributed by atoms with E-state index in [0.717, 1.165) is 16.8 Å². The molecular formula is C14H13N5O. The van der Waals surface area contributed by atoms with E-state index < -0.39 is 0 Å². The number of hydrogen-bond acceptors (Lipinski definition) is 4. The van der Waals surface area contributed by atoms with Gasteiger partial charge in [0.2, 0.25) is 5.82 Å². The van der Waals surface area contributed by atoms with Gasteiger partial charge >= 0.3 is 0 Å². The van der Waals surface area contributed by atoms with Crippen LogP contribution in [0.1, 0.15) is 21.7 Å². The van der Waals surface area contributed by atoms with E-state index in [1.165, 1.54) is 4.52 Å². The minimum Gasteiger partial charge on any atom is -0.319 e. The number of aryl methyl sites for hydroxylation is 2. The zero-order valence-electron chi connectivity index (χ0n) is 11.2. The summed E-state index contributed by atoms with van der Waals surface area (Å²) in [6.45, 7) is 3.89. The number of fused-ring (bicyclic) bond motifs is 1. The minimum atomic E-state index is -0.340. The smallest absolute Gasteiger partial charge is 0.295 e. The molecule has 0 fully saturated rings. The Balaban J connectivity index is 1.93. The van der Waals surface area contributed by atoms with Crippen LogP contribution in [0.25, 0.3) is 5.78 Å². The van der Waals surface area contributed by atoms with Gasteiger partial charge in [-0.15, -0.1) is 5.10 Å². The average Bonchev–Trinajstić information content (AvgIpc) is 2.87. The van der Waals surface area contributed by atoms with E-state index in [4.69, 9.17) is 0 Å². The van der Waals surface area contributed by atoms with E-state index in [0.29, 0.717) is 5.78 Å². The summed E-state index contributed by atoms with van der Waals surface area (Å²) in [5.74, 6) is 0.165. The lowest BCUT2D eigenvalue weighted by Crippen LogP contribution is -2.15. The molecule has 100 valence electrons. The van der Waals surface area contributed by atoms with Gasteiger partial charge in [0.25, 0.3) is 11.7 Å². The molecule has 0 aliphatic heterocycles. The number of carbonyl (C=O) groups excluding carboxylic acids is 1. The molecule has 0 atom stereocenters. The van der Waals surface area contributed by atoms with E-state index in [9.17, 15) is 4.79 Å². The third-order valence-corrected chi connectivity index (χ3v) is 3.04. The number of nitrogens with one attached hydrogen (secondary N) is 1. The summed E-state index contributed by atoms with van der Waals surface area (Å²) in [7, 11) is 0. The maximum atomic E-state index is 12.2. The van der Waals surface area contributed by atoms with Gasteiger partial charge in [0.15, 0.2) is 0 Å². The Morgan fingerprint density at radius 1 is 1.20 bits per heavy atom. The highest BCUT2D eigenvalue weighted by Crippen LogP contribution is 2.19. The van der Waals surface area contributed by atoms with Crippen LogP contribution in [0.3, 0.4) is 0 Å². The van der Waals surface area contributed by atoms with Crippen molar-refractivity contribution in [3.8, 4) is 0 Å². The number of nitrogens with zero attached hydrogens (tertiary/aromatic N) is 4. The van der Waals surface area contributed by atoms with Gasteiger partial charge in [0.05, 0.1) is 0 Å². The molecule has 0 radical (unpaired) electrons. The fraction of sp³-hybridized carbons (Fsp3) is 0.143. The minimum absolute atomic E-state index is 0.103. The topological polar surface area (TPSA) is 72.2 Å². The lowest BCUT2D eigenvalue weighted by atomic mass is 10.1. The highest BCUT2D eigenvalue weighted by atomic mass is 16.2. The van der Waals surface area contributed by atoms with Gasteiger partial charge in [-0.2, -0.15) is 4.98 Å². The van der Waals surface area contributed by atoms with Crippen molar-refractivity contribution in [3.63, 3.8) is 0 Å². The van der Waals surface area contributed by atoms with Gasteiger partial charge in [-0.25, -0.2) is 9.50 Å². The van der Waals surface area contributed by atoms with Gasteiger partial charge < -0.3 is 5.32 Å². The lowest BCUT2D eigenvalue weighted by Gasteiger charge is -2.09. The van der Waals surface area contributed by atoms with Gasteiger partial charge in [0.1, 0.15) is 0 Å². The summed E-state index contributed by atoms with van der Waals surface area (Å²) in [6, 6.07) is 7.57. The monoisotopic (exact) mass is 267 g/mol. The molecule has 2 aromatic heterocycles. The maximum absolute atomic E-state index is 12.2. The van der Waals surface area contributed by atoms with Gasteiger partial charge in [-0.3, -0.25) is 4.79 Å². The van der Waals surface area contributed by atoms with Crippen molar-refractivity contribution in [2.75, 3.05) is 5.32 Å². The van der Waals surface area contributed by atoms with E-state index >= 15 is 0 Å². The predicted octanol–water partition coefficient (Wildman–Crippen LogP) is 1.99. The van der Waals surface area contributed by atoms with E-state index in [2.05, 4.69) is 20.4 Å². The van der Waals surface area contributed by atoms with Gasteiger partial charge in [-0.05, 0) is 31.0 Å². The second-order valence-electron chi connectivity index (χ2n) is 4.52. The molecule has 3 rings (SSSR count). The van der Waals surface area contributed by atoms with Crippen LogP contribution in [0.2, 0.25) is 0 Å². The van der Waals surface area contributed by atoms with Crippen molar-refractivity contribution in [1.82, 2.24) is 19.6 Å². The van der Waals surface area contributed by atoms with Crippen molar-refractivity contribution < 1.29 is 4.79 Å². The molecule has 0 bridgehead atoms. The zero-order chi connectivity index (χ0) is 14.1. The van der Waals surface area contributed by atoms with E-state index in [1.54, 1.807) is 18.5 Å². The Hall–Kier alpha value is -2.76. The Labute approximate surface area is 115 Å².